The van der Waals surface area contributed by atoms with Crippen molar-refractivity contribution in [1.82, 2.24) is 5.32 Å². The van der Waals surface area contributed by atoms with Gasteiger partial charge in [0, 0.05) is 6.54 Å². The van der Waals surface area contributed by atoms with Crippen molar-refractivity contribution >= 4 is 6.09 Å². The smallest absolute Gasteiger partial charge is 0.407 e. The van der Waals surface area contributed by atoms with Crippen molar-refractivity contribution in [2.24, 2.45) is 11.8 Å². The standard InChI is InChI=1S/C16H31NO3/c1-6-12-7-9-13(10-8-12)16(5,19)11-17-14(18)20-15(2,3)4/h12-13,19H,6-11H2,1-5H3,(H,17,18). The molecule has 118 valence electrons. The fraction of sp³-hybridized carbons (Fsp3) is 0.938. The zero-order chi connectivity index (χ0) is 15.4. The molecule has 1 aliphatic rings. The molecule has 4 nitrogen and oxygen atoms in total. The van der Waals surface area contributed by atoms with Gasteiger partial charge in [-0.15, -0.1) is 0 Å². The van der Waals surface area contributed by atoms with Gasteiger partial charge in [-0.05, 0) is 52.4 Å². The summed E-state index contributed by atoms with van der Waals surface area (Å²) >= 11 is 0. The number of hydrogen-bond donors (Lipinski definition) is 2. The van der Waals surface area contributed by atoms with Crippen LogP contribution in [0.25, 0.3) is 0 Å². The Balaban J connectivity index is 2.40. The van der Waals surface area contributed by atoms with E-state index in [2.05, 4.69) is 12.2 Å². The molecule has 0 heterocycles. The lowest BCUT2D eigenvalue weighted by Gasteiger charge is -2.38. The lowest BCUT2D eigenvalue weighted by molar-refractivity contribution is -0.0242. The van der Waals surface area contributed by atoms with E-state index >= 15 is 0 Å². The first-order valence-electron chi connectivity index (χ1n) is 7.83. The molecule has 2 N–H and O–H groups in total. The predicted molar refractivity (Wildman–Crippen MR) is 80.6 cm³/mol. The summed E-state index contributed by atoms with van der Waals surface area (Å²) in [6, 6.07) is 0. The van der Waals surface area contributed by atoms with Crippen molar-refractivity contribution in [3.05, 3.63) is 0 Å². The Morgan fingerprint density at radius 3 is 2.20 bits per heavy atom. The van der Waals surface area contributed by atoms with Crippen LogP contribution < -0.4 is 5.32 Å². The van der Waals surface area contributed by atoms with Crippen LogP contribution in [0.15, 0.2) is 0 Å². The van der Waals surface area contributed by atoms with E-state index in [1.54, 1.807) is 0 Å². The fourth-order valence-electron chi connectivity index (χ4n) is 2.90. The predicted octanol–water partition coefficient (Wildman–Crippen LogP) is 3.48. The van der Waals surface area contributed by atoms with E-state index in [1.807, 2.05) is 27.7 Å². The van der Waals surface area contributed by atoms with E-state index in [4.69, 9.17) is 4.74 Å². The number of rotatable bonds is 4. The molecule has 4 heteroatoms. The highest BCUT2D eigenvalue weighted by Gasteiger charge is 2.35. The fourth-order valence-corrected chi connectivity index (χ4v) is 2.90. The molecule has 0 aromatic carbocycles. The average molecular weight is 285 g/mol. The summed E-state index contributed by atoms with van der Waals surface area (Å²) in [7, 11) is 0. The van der Waals surface area contributed by atoms with E-state index in [1.165, 1.54) is 19.3 Å². The summed E-state index contributed by atoms with van der Waals surface area (Å²) in [6.45, 7) is 9.79. The lowest BCUT2D eigenvalue weighted by Crippen LogP contribution is -2.48. The number of aliphatic hydroxyl groups is 1. The highest BCUT2D eigenvalue weighted by atomic mass is 16.6. The number of alkyl carbamates (subject to hydrolysis) is 1. The maximum atomic E-state index is 11.6. The van der Waals surface area contributed by atoms with Gasteiger partial charge in [0.1, 0.15) is 5.60 Å². The van der Waals surface area contributed by atoms with Crippen molar-refractivity contribution in [3.8, 4) is 0 Å². The molecule has 1 rings (SSSR count). The molecule has 0 bridgehead atoms. The van der Waals surface area contributed by atoms with Gasteiger partial charge < -0.3 is 15.2 Å². The van der Waals surface area contributed by atoms with Crippen molar-refractivity contribution < 1.29 is 14.6 Å². The van der Waals surface area contributed by atoms with Crippen LogP contribution in [0, 0.1) is 11.8 Å². The van der Waals surface area contributed by atoms with E-state index in [-0.39, 0.29) is 12.5 Å². The molecule has 1 aliphatic carbocycles. The normalized spacial score (nSPS) is 26.7. The largest absolute Gasteiger partial charge is 0.444 e. The van der Waals surface area contributed by atoms with Gasteiger partial charge >= 0.3 is 6.09 Å². The summed E-state index contributed by atoms with van der Waals surface area (Å²) in [5.41, 5.74) is -1.36. The first kappa shape index (κ1) is 17.3. The zero-order valence-corrected chi connectivity index (χ0v) is 13.7. The Morgan fingerprint density at radius 1 is 1.20 bits per heavy atom. The number of carbonyl (C=O) groups is 1. The molecular weight excluding hydrogens is 254 g/mol. The lowest BCUT2D eigenvalue weighted by atomic mass is 9.73. The monoisotopic (exact) mass is 285 g/mol. The summed E-state index contributed by atoms with van der Waals surface area (Å²) in [5.74, 6) is 1.07. The van der Waals surface area contributed by atoms with E-state index in [9.17, 15) is 9.90 Å². The van der Waals surface area contributed by atoms with Crippen molar-refractivity contribution in [1.29, 1.82) is 0 Å². The molecule has 20 heavy (non-hydrogen) atoms. The van der Waals surface area contributed by atoms with Gasteiger partial charge in [-0.3, -0.25) is 0 Å². The minimum atomic E-state index is -0.852. The van der Waals surface area contributed by atoms with Gasteiger partial charge in [0.15, 0.2) is 0 Å². The van der Waals surface area contributed by atoms with Crippen LogP contribution in [0.2, 0.25) is 0 Å². The Hall–Kier alpha value is -0.770. The maximum Gasteiger partial charge on any atom is 0.407 e. The average Bonchev–Trinajstić information content (AvgIpc) is 2.35. The molecule has 1 saturated carbocycles. The van der Waals surface area contributed by atoms with Crippen LogP contribution in [0.1, 0.15) is 66.7 Å². The molecule has 1 atom stereocenters. The minimum absolute atomic E-state index is 0.253. The first-order chi connectivity index (χ1) is 9.14. The van der Waals surface area contributed by atoms with Gasteiger partial charge in [0.05, 0.1) is 5.60 Å². The van der Waals surface area contributed by atoms with Crippen LogP contribution in [0.3, 0.4) is 0 Å². The molecular formula is C16H31NO3. The minimum Gasteiger partial charge on any atom is -0.444 e. The Morgan fingerprint density at radius 2 is 1.75 bits per heavy atom. The van der Waals surface area contributed by atoms with Crippen LogP contribution in [-0.2, 0) is 4.74 Å². The van der Waals surface area contributed by atoms with E-state index in [0.29, 0.717) is 0 Å². The topological polar surface area (TPSA) is 58.6 Å². The molecule has 1 amide bonds. The zero-order valence-electron chi connectivity index (χ0n) is 13.7. The number of ether oxygens (including phenoxy) is 1. The SMILES string of the molecule is CCC1CCC(C(C)(O)CNC(=O)OC(C)(C)C)CC1. The summed E-state index contributed by atoms with van der Waals surface area (Å²) in [6.07, 6.45) is 5.22. The molecule has 0 saturated heterocycles. The first-order valence-corrected chi connectivity index (χ1v) is 7.83. The Labute approximate surface area is 123 Å². The Bertz CT molecular complexity index is 312. The molecule has 0 aromatic rings. The number of nitrogens with one attached hydrogen (secondary N) is 1. The third-order valence-electron chi connectivity index (χ3n) is 4.29. The summed E-state index contributed by atoms with van der Waals surface area (Å²) in [5, 5.41) is 13.3. The van der Waals surface area contributed by atoms with Crippen molar-refractivity contribution in [2.75, 3.05) is 6.54 Å². The summed E-state index contributed by atoms with van der Waals surface area (Å²) in [4.78, 5) is 11.6. The highest BCUT2D eigenvalue weighted by Crippen LogP contribution is 2.36. The van der Waals surface area contributed by atoms with Gasteiger partial charge in [-0.1, -0.05) is 26.2 Å². The second-order valence-corrected chi connectivity index (χ2v) is 7.34. The van der Waals surface area contributed by atoms with Crippen LogP contribution in [0.5, 0.6) is 0 Å². The molecule has 0 aliphatic heterocycles. The van der Waals surface area contributed by atoms with E-state index in [0.717, 1.165) is 18.8 Å². The van der Waals surface area contributed by atoms with Crippen molar-refractivity contribution in [3.63, 3.8) is 0 Å². The quantitative estimate of drug-likeness (QED) is 0.831. The summed E-state index contributed by atoms with van der Waals surface area (Å²) < 4.78 is 5.19. The maximum absolute atomic E-state index is 11.6. The second-order valence-electron chi connectivity index (χ2n) is 7.34. The van der Waals surface area contributed by atoms with Gasteiger partial charge in [-0.2, -0.15) is 0 Å². The van der Waals surface area contributed by atoms with Gasteiger partial charge in [0.25, 0.3) is 0 Å². The second kappa shape index (κ2) is 6.79. The van der Waals surface area contributed by atoms with Crippen LogP contribution >= 0.6 is 0 Å². The number of hydrogen-bond acceptors (Lipinski definition) is 3. The van der Waals surface area contributed by atoms with Crippen LogP contribution in [0.4, 0.5) is 4.79 Å². The molecule has 1 unspecified atom stereocenters. The van der Waals surface area contributed by atoms with E-state index < -0.39 is 17.3 Å². The van der Waals surface area contributed by atoms with Crippen LogP contribution in [-0.4, -0.2) is 28.9 Å². The Kier molecular flexibility index (Phi) is 5.87. The van der Waals surface area contributed by atoms with Gasteiger partial charge in [0.2, 0.25) is 0 Å². The highest BCUT2D eigenvalue weighted by molar-refractivity contribution is 5.67. The third-order valence-corrected chi connectivity index (χ3v) is 4.29. The molecule has 0 radical (unpaired) electrons. The third kappa shape index (κ3) is 5.70. The van der Waals surface area contributed by atoms with Gasteiger partial charge in [-0.25, -0.2) is 4.79 Å². The number of amides is 1. The molecule has 1 fully saturated rings. The number of carbonyl (C=O) groups excluding carboxylic acids is 1. The van der Waals surface area contributed by atoms with Crippen molar-refractivity contribution in [2.45, 2.75) is 77.9 Å². The molecule has 0 spiro atoms. The molecule has 0 aromatic heterocycles.